The molecule has 0 aliphatic heterocycles. The van der Waals surface area contributed by atoms with Gasteiger partial charge in [-0.05, 0) is 55.8 Å². The lowest BCUT2D eigenvalue weighted by Gasteiger charge is -2.10. The van der Waals surface area contributed by atoms with Crippen molar-refractivity contribution in [3.8, 4) is 5.75 Å². The van der Waals surface area contributed by atoms with Gasteiger partial charge in [-0.1, -0.05) is 6.07 Å². The zero-order chi connectivity index (χ0) is 17.8. The molecule has 1 aromatic heterocycles. The van der Waals surface area contributed by atoms with E-state index in [0.717, 1.165) is 28.0 Å². The summed E-state index contributed by atoms with van der Waals surface area (Å²) in [7, 11) is 1.38. The van der Waals surface area contributed by atoms with Crippen LogP contribution in [0.15, 0.2) is 42.5 Å². The van der Waals surface area contributed by atoms with Gasteiger partial charge in [-0.2, -0.15) is 0 Å². The molecule has 0 amide bonds. The Kier molecular flexibility index (Phi) is 4.88. The molecule has 6 heteroatoms. The monoisotopic (exact) mass is 339 g/mol. The number of anilines is 2. The number of ether oxygens (including phenoxy) is 2. The molecule has 2 aromatic carbocycles. The van der Waals surface area contributed by atoms with E-state index in [1.54, 1.807) is 0 Å². The Labute approximate surface area is 146 Å². The molecule has 0 unspecified atom stereocenters. The third-order valence-electron chi connectivity index (χ3n) is 3.61. The molecule has 0 bridgehead atoms. The van der Waals surface area contributed by atoms with E-state index in [2.05, 4.69) is 15.3 Å². The topological polar surface area (TPSA) is 76.2 Å². The summed E-state index contributed by atoms with van der Waals surface area (Å²) < 4.78 is 10.3. The summed E-state index contributed by atoms with van der Waals surface area (Å²) in [4.78, 5) is 19.1. The van der Waals surface area contributed by atoms with Crippen molar-refractivity contribution in [1.29, 1.82) is 0 Å². The molecule has 0 saturated heterocycles. The highest BCUT2D eigenvalue weighted by atomic mass is 16.5. The average molecular weight is 339 g/mol. The maximum atomic E-state index is 11.4. The largest absolute Gasteiger partial charge is 0.491 e. The summed E-state index contributed by atoms with van der Waals surface area (Å²) in [6.07, 6.45) is 0.382. The van der Waals surface area contributed by atoms with E-state index < -0.39 is 0 Å². The van der Waals surface area contributed by atoms with Gasteiger partial charge in [0.25, 0.3) is 0 Å². The highest BCUT2D eigenvalue weighted by Crippen LogP contribution is 2.22. The fraction of sp³-hybridized carbons (Fsp3) is 0.263. The van der Waals surface area contributed by atoms with Crippen LogP contribution in [0.5, 0.6) is 5.75 Å². The first-order chi connectivity index (χ1) is 12.0. The van der Waals surface area contributed by atoms with Gasteiger partial charge in [-0.3, -0.25) is 4.79 Å². The van der Waals surface area contributed by atoms with Crippen molar-refractivity contribution < 1.29 is 14.3 Å². The highest BCUT2D eigenvalue weighted by molar-refractivity contribution is 5.81. The lowest BCUT2D eigenvalue weighted by atomic mass is 10.1. The molecule has 0 radical (unpaired) electrons. The van der Waals surface area contributed by atoms with E-state index in [4.69, 9.17) is 9.47 Å². The Balaban J connectivity index is 1.74. The Morgan fingerprint density at radius 2 is 1.96 bits per heavy atom. The normalized spacial score (nSPS) is 10.9. The highest BCUT2D eigenvalue weighted by Gasteiger charge is 2.07. The van der Waals surface area contributed by atoms with Crippen molar-refractivity contribution in [2.24, 2.45) is 0 Å². The number of carbonyl (C=O) groups is 1. The van der Waals surface area contributed by atoms with Crippen molar-refractivity contribution >= 4 is 28.6 Å². The maximum absolute atomic E-state index is 11.4. The minimum absolute atomic E-state index is 0.147. The number of H-pyrrole nitrogens is 1. The molecule has 0 saturated carbocycles. The third kappa shape index (κ3) is 4.29. The number of aromatic nitrogens is 2. The predicted molar refractivity (Wildman–Crippen MR) is 97.3 cm³/mol. The molecule has 0 fully saturated rings. The number of hydrogen-bond acceptors (Lipinski definition) is 5. The Morgan fingerprint density at radius 1 is 1.20 bits per heavy atom. The number of fused-ring (bicyclic) bond motifs is 1. The summed E-state index contributed by atoms with van der Waals surface area (Å²) in [6.45, 7) is 3.99. The number of hydrogen-bond donors (Lipinski definition) is 2. The van der Waals surface area contributed by atoms with E-state index in [9.17, 15) is 4.79 Å². The van der Waals surface area contributed by atoms with Crippen molar-refractivity contribution in [1.82, 2.24) is 9.97 Å². The molecule has 3 aromatic rings. The van der Waals surface area contributed by atoms with Gasteiger partial charge < -0.3 is 19.8 Å². The first-order valence-corrected chi connectivity index (χ1v) is 8.12. The predicted octanol–water partition coefficient (Wildman–Crippen LogP) is 3.81. The summed E-state index contributed by atoms with van der Waals surface area (Å²) in [5.74, 6) is 1.21. The zero-order valence-corrected chi connectivity index (χ0v) is 14.5. The van der Waals surface area contributed by atoms with Gasteiger partial charge in [-0.25, -0.2) is 4.98 Å². The molecule has 130 valence electrons. The lowest BCUT2D eigenvalue weighted by molar-refractivity contribution is -0.139. The number of methoxy groups -OCH3 is 1. The minimum Gasteiger partial charge on any atom is -0.491 e. The van der Waals surface area contributed by atoms with Crippen LogP contribution < -0.4 is 10.1 Å². The average Bonchev–Trinajstić information content (AvgIpc) is 2.97. The van der Waals surface area contributed by atoms with Gasteiger partial charge in [0.2, 0.25) is 5.95 Å². The second-order valence-corrected chi connectivity index (χ2v) is 6.01. The van der Waals surface area contributed by atoms with Crippen LogP contribution >= 0.6 is 0 Å². The molecule has 3 rings (SSSR count). The van der Waals surface area contributed by atoms with Crippen LogP contribution in [-0.2, 0) is 16.0 Å². The summed E-state index contributed by atoms with van der Waals surface area (Å²) in [5, 5.41) is 3.23. The SMILES string of the molecule is COC(=O)Cc1ccc2[nH]c(Nc3ccc(OC(C)C)cc3)nc2c1. The Hall–Kier alpha value is -3.02. The molecule has 2 N–H and O–H groups in total. The van der Waals surface area contributed by atoms with Crippen LogP contribution in [0.2, 0.25) is 0 Å². The van der Waals surface area contributed by atoms with Crippen LogP contribution in [-0.4, -0.2) is 29.2 Å². The fourth-order valence-electron chi connectivity index (χ4n) is 2.49. The van der Waals surface area contributed by atoms with Gasteiger partial charge in [0.05, 0.1) is 30.7 Å². The smallest absolute Gasteiger partial charge is 0.309 e. The quantitative estimate of drug-likeness (QED) is 0.668. The van der Waals surface area contributed by atoms with E-state index in [0.29, 0.717) is 5.95 Å². The molecular weight excluding hydrogens is 318 g/mol. The van der Waals surface area contributed by atoms with Crippen molar-refractivity contribution in [2.45, 2.75) is 26.4 Å². The number of benzene rings is 2. The first-order valence-electron chi connectivity index (χ1n) is 8.12. The van der Waals surface area contributed by atoms with Gasteiger partial charge >= 0.3 is 5.97 Å². The van der Waals surface area contributed by atoms with Crippen LogP contribution in [0.3, 0.4) is 0 Å². The fourth-order valence-corrected chi connectivity index (χ4v) is 2.49. The van der Waals surface area contributed by atoms with Crippen molar-refractivity contribution in [3.05, 3.63) is 48.0 Å². The van der Waals surface area contributed by atoms with Gasteiger partial charge in [0.1, 0.15) is 5.75 Å². The van der Waals surface area contributed by atoms with E-state index in [1.807, 2.05) is 56.3 Å². The zero-order valence-electron chi connectivity index (χ0n) is 14.5. The van der Waals surface area contributed by atoms with Gasteiger partial charge in [-0.15, -0.1) is 0 Å². The molecule has 25 heavy (non-hydrogen) atoms. The second-order valence-electron chi connectivity index (χ2n) is 6.01. The van der Waals surface area contributed by atoms with Crippen molar-refractivity contribution in [2.75, 3.05) is 12.4 Å². The number of aromatic amines is 1. The molecule has 1 heterocycles. The summed E-state index contributed by atoms with van der Waals surface area (Å²) >= 11 is 0. The second kappa shape index (κ2) is 7.25. The number of carbonyl (C=O) groups excluding carboxylic acids is 1. The third-order valence-corrected chi connectivity index (χ3v) is 3.61. The number of esters is 1. The molecule has 0 aliphatic carbocycles. The molecule has 0 aliphatic rings. The first kappa shape index (κ1) is 16.8. The van der Waals surface area contributed by atoms with E-state index in [1.165, 1.54) is 7.11 Å². The number of imidazole rings is 1. The number of rotatable bonds is 6. The molecule has 6 nitrogen and oxygen atoms in total. The molecule has 0 spiro atoms. The van der Waals surface area contributed by atoms with Crippen molar-refractivity contribution in [3.63, 3.8) is 0 Å². The lowest BCUT2D eigenvalue weighted by Crippen LogP contribution is -2.05. The van der Waals surface area contributed by atoms with Gasteiger partial charge in [0, 0.05) is 5.69 Å². The summed E-state index contributed by atoms with van der Waals surface area (Å²) in [5.41, 5.74) is 3.47. The Bertz CT molecular complexity index is 869. The number of nitrogens with zero attached hydrogens (tertiary/aromatic N) is 1. The van der Waals surface area contributed by atoms with Gasteiger partial charge in [0.15, 0.2) is 0 Å². The minimum atomic E-state index is -0.267. The van der Waals surface area contributed by atoms with Crippen LogP contribution in [0.4, 0.5) is 11.6 Å². The maximum Gasteiger partial charge on any atom is 0.309 e. The molecule has 0 atom stereocenters. The standard InChI is InChI=1S/C19H21N3O3/c1-12(2)25-15-7-5-14(6-8-15)20-19-21-16-9-4-13(10-17(16)22-19)11-18(23)24-3/h4-10,12H,11H2,1-3H3,(H2,20,21,22). The van der Waals surface area contributed by atoms with Crippen LogP contribution in [0, 0.1) is 0 Å². The Morgan fingerprint density at radius 3 is 2.64 bits per heavy atom. The van der Waals surface area contributed by atoms with E-state index in [-0.39, 0.29) is 18.5 Å². The molecular formula is C19H21N3O3. The number of nitrogens with one attached hydrogen (secondary N) is 2. The summed E-state index contributed by atoms with van der Waals surface area (Å²) in [6, 6.07) is 13.4. The van der Waals surface area contributed by atoms with Crippen LogP contribution in [0.1, 0.15) is 19.4 Å². The van der Waals surface area contributed by atoms with E-state index >= 15 is 0 Å². The van der Waals surface area contributed by atoms with Crippen LogP contribution in [0.25, 0.3) is 11.0 Å².